The smallest absolute Gasteiger partial charge is 0.315 e. The summed E-state index contributed by atoms with van der Waals surface area (Å²) in [7, 11) is 0. The second kappa shape index (κ2) is 9.53. The van der Waals surface area contributed by atoms with E-state index >= 15 is 0 Å². The SMILES string of the molecule is CCC(CO)NC(=O)NCC1CCN(CCc2ccccc2)C1. The summed E-state index contributed by atoms with van der Waals surface area (Å²) in [6.07, 6.45) is 2.95. The predicted octanol–water partition coefficient (Wildman–Crippen LogP) is 1.62. The van der Waals surface area contributed by atoms with Gasteiger partial charge in [0.2, 0.25) is 0 Å². The normalized spacial score (nSPS) is 19.5. The lowest BCUT2D eigenvalue weighted by atomic mass is 10.1. The molecule has 1 saturated heterocycles. The molecule has 1 fully saturated rings. The predicted molar refractivity (Wildman–Crippen MR) is 92.4 cm³/mol. The third kappa shape index (κ3) is 6.20. The lowest BCUT2D eigenvalue weighted by molar-refractivity contribution is 0.213. The zero-order chi connectivity index (χ0) is 16.5. The van der Waals surface area contributed by atoms with E-state index in [-0.39, 0.29) is 18.7 Å². The highest BCUT2D eigenvalue weighted by atomic mass is 16.3. The van der Waals surface area contributed by atoms with E-state index in [0.29, 0.717) is 12.5 Å². The minimum Gasteiger partial charge on any atom is -0.394 e. The molecule has 0 aromatic heterocycles. The van der Waals surface area contributed by atoms with E-state index in [2.05, 4.69) is 39.8 Å². The van der Waals surface area contributed by atoms with Gasteiger partial charge in [0.25, 0.3) is 0 Å². The third-order valence-electron chi connectivity index (χ3n) is 4.53. The Morgan fingerprint density at radius 1 is 1.39 bits per heavy atom. The number of aliphatic hydroxyl groups is 1. The van der Waals surface area contributed by atoms with Crippen LogP contribution < -0.4 is 10.6 Å². The highest BCUT2D eigenvalue weighted by Gasteiger charge is 2.22. The van der Waals surface area contributed by atoms with E-state index in [1.807, 2.05) is 13.0 Å². The van der Waals surface area contributed by atoms with Gasteiger partial charge in [-0.1, -0.05) is 37.3 Å². The molecule has 2 rings (SSSR count). The highest BCUT2D eigenvalue weighted by Crippen LogP contribution is 2.15. The Bertz CT molecular complexity index is 463. The Balaban J connectivity index is 1.62. The average Bonchev–Trinajstić information content (AvgIpc) is 3.05. The van der Waals surface area contributed by atoms with Crippen LogP contribution >= 0.6 is 0 Å². The Morgan fingerprint density at radius 3 is 2.87 bits per heavy atom. The number of nitrogens with one attached hydrogen (secondary N) is 2. The molecule has 1 aliphatic rings. The van der Waals surface area contributed by atoms with Gasteiger partial charge in [0, 0.05) is 19.6 Å². The van der Waals surface area contributed by atoms with Crippen LogP contribution in [-0.2, 0) is 6.42 Å². The maximum Gasteiger partial charge on any atom is 0.315 e. The fourth-order valence-electron chi connectivity index (χ4n) is 2.96. The second-order valence-corrected chi connectivity index (χ2v) is 6.33. The molecule has 5 heteroatoms. The van der Waals surface area contributed by atoms with Gasteiger partial charge in [0.05, 0.1) is 12.6 Å². The van der Waals surface area contributed by atoms with E-state index in [1.165, 1.54) is 5.56 Å². The van der Waals surface area contributed by atoms with Gasteiger partial charge in [0.15, 0.2) is 0 Å². The number of aliphatic hydroxyl groups excluding tert-OH is 1. The number of hydrogen-bond acceptors (Lipinski definition) is 3. The van der Waals surface area contributed by atoms with Crippen LogP contribution in [0.25, 0.3) is 0 Å². The van der Waals surface area contributed by atoms with Crippen molar-refractivity contribution in [1.29, 1.82) is 0 Å². The fourth-order valence-corrected chi connectivity index (χ4v) is 2.96. The quantitative estimate of drug-likeness (QED) is 0.682. The summed E-state index contributed by atoms with van der Waals surface area (Å²) in [5.74, 6) is 0.519. The van der Waals surface area contributed by atoms with Crippen molar-refractivity contribution in [3.05, 3.63) is 35.9 Å². The zero-order valence-electron chi connectivity index (χ0n) is 14.0. The maximum atomic E-state index is 11.8. The maximum absolute atomic E-state index is 11.8. The van der Waals surface area contributed by atoms with Crippen LogP contribution in [0, 0.1) is 5.92 Å². The van der Waals surface area contributed by atoms with E-state index in [9.17, 15) is 4.79 Å². The topological polar surface area (TPSA) is 64.6 Å². The van der Waals surface area contributed by atoms with Crippen LogP contribution in [0.3, 0.4) is 0 Å². The molecule has 0 radical (unpaired) electrons. The van der Waals surface area contributed by atoms with Crippen molar-refractivity contribution in [3.63, 3.8) is 0 Å². The number of benzene rings is 1. The molecule has 2 atom stereocenters. The van der Waals surface area contributed by atoms with Crippen molar-refractivity contribution in [1.82, 2.24) is 15.5 Å². The minimum absolute atomic E-state index is 0.0133. The van der Waals surface area contributed by atoms with Gasteiger partial charge >= 0.3 is 6.03 Å². The van der Waals surface area contributed by atoms with Crippen molar-refractivity contribution >= 4 is 6.03 Å². The molecular formula is C18H29N3O2. The molecule has 0 spiro atoms. The van der Waals surface area contributed by atoms with Crippen LogP contribution in [0.4, 0.5) is 4.79 Å². The molecular weight excluding hydrogens is 290 g/mol. The molecule has 0 saturated carbocycles. The second-order valence-electron chi connectivity index (χ2n) is 6.33. The van der Waals surface area contributed by atoms with Gasteiger partial charge in [-0.15, -0.1) is 0 Å². The Kier molecular flexibility index (Phi) is 7.36. The number of nitrogens with zero attached hydrogens (tertiary/aromatic N) is 1. The Labute approximate surface area is 139 Å². The third-order valence-corrected chi connectivity index (χ3v) is 4.53. The molecule has 23 heavy (non-hydrogen) atoms. The molecule has 2 amide bonds. The summed E-state index contributed by atoms with van der Waals surface area (Å²) >= 11 is 0. The molecule has 128 valence electrons. The van der Waals surface area contributed by atoms with E-state index < -0.39 is 0 Å². The number of amides is 2. The number of hydrogen-bond donors (Lipinski definition) is 3. The van der Waals surface area contributed by atoms with Crippen LogP contribution in [0.1, 0.15) is 25.3 Å². The number of carbonyl (C=O) groups is 1. The van der Waals surface area contributed by atoms with Gasteiger partial charge < -0.3 is 20.6 Å². The molecule has 5 nitrogen and oxygen atoms in total. The van der Waals surface area contributed by atoms with Crippen LogP contribution in [0.5, 0.6) is 0 Å². The van der Waals surface area contributed by atoms with Crippen molar-refractivity contribution < 1.29 is 9.90 Å². The molecule has 0 bridgehead atoms. The van der Waals surface area contributed by atoms with Gasteiger partial charge in [0.1, 0.15) is 0 Å². The van der Waals surface area contributed by atoms with E-state index in [0.717, 1.165) is 38.9 Å². The summed E-state index contributed by atoms with van der Waals surface area (Å²) in [6.45, 7) is 5.87. The first-order chi connectivity index (χ1) is 11.2. The largest absolute Gasteiger partial charge is 0.394 e. The minimum atomic E-state index is -0.173. The van der Waals surface area contributed by atoms with Crippen LogP contribution in [-0.4, -0.2) is 54.9 Å². The molecule has 1 aromatic carbocycles. The van der Waals surface area contributed by atoms with Gasteiger partial charge in [-0.3, -0.25) is 0 Å². The number of rotatable bonds is 8. The number of likely N-dealkylation sites (tertiary alicyclic amines) is 1. The summed E-state index contributed by atoms with van der Waals surface area (Å²) in [5, 5.41) is 14.8. The summed E-state index contributed by atoms with van der Waals surface area (Å²) in [6, 6.07) is 10.2. The molecule has 2 unspecified atom stereocenters. The van der Waals surface area contributed by atoms with Gasteiger partial charge in [-0.25, -0.2) is 4.79 Å². The van der Waals surface area contributed by atoms with Crippen molar-refractivity contribution in [2.45, 2.75) is 32.2 Å². The van der Waals surface area contributed by atoms with E-state index in [1.54, 1.807) is 0 Å². The van der Waals surface area contributed by atoms with Gasteiger partial charge in [-0.05, 0) is 37.3 Å². The number of carbonyl (C=O) groups excluding carboxylic acids is 1. The average molecular weight is 319 g/mol. The van der Waals surface area contributed by atoms with E-state index in [4.69, 9.17) is 5.11 Å². The van der Waals surface area contributed by atoms with Crippen molar-refractivity contribution in [2.75, 3.05) is 32.8 Å². The lowest BCUT2D eigenvalue weighted by Crippen LogP contribution is -2.45. The zero-order valence-corrected chi connectivity index (χ0v) is 14.0. The number of urea groups is 1. The summed E-state index contributed by atoms with van der Waals surface area (Å²) in [5.41, 5.74) is 1.38. The Hall–Kier alpha value is -1.59. The first-order valence-electron chi connectivity index (χ1n) is 8.62. The van der Waals surface area contributed by atoms with Crippen LogP contribution in [0.15, 0.2) is 30.3 Å². The Morgan fingerprint density at radius 2 is 2.17 bits per heavy atom. The highest BCUT2D eigenvalue weighted by molar-refractivity contribution is 5.74. The molecule has 1 aliphatic heterocycles. The first kappa shape index (κ1) is 17.8. The standard InChI is InChI=1S/C18H29N3O2/c1-2-17(14-22)20-18(23)19-12-16-9-11-21(13-16)10-8-15-6-4-3-5-7-15/h3-7,16-17,22H,2,8-14H2,1H3,(H2,19,20,23). The van der Waals surface area contributed by atoms with Crippen LogP contribution in [0.2, 0.25) is 0 Å². The lowest BCUT2D eigenvalue weighted by Gasteiger charge is -2.18. The summed E-state index contributed by atoms with van der Waals surface area (Å²) in [4.78, 5) is 14.2. The van der Waals surface area contributed by atoms with Crippen molar-refractivity contribution in [2.24, 2.45) is 5.92 Å². The monoisotopic (exact) mass is 319 g/mol. The van der Waals surface area contributed by atoms with Gasteiger partial charge in [-0.2, -0.15) is 0 Å². The molecule has 3 N–H and O–H groups in total. The van der Waals surface area contributed by atoms with Crippen molar-refractivity contribution in [3.8, 4) is 0 Å². The summed E-state index contributed by atoms with van der Waals surface area (Å²) < 4.78 is 0. The first-order valence-corrected chi connectivity index (χ1v) is 8.62. The molecule has 1 heterocycles. The molecule has 1 aromatic rings. The molecule has 0 aliphatic carbocycles. The fraction of sp³-hybridized carbons (Fsp3) is 0.611.